The first kappa shape index (κ1) is 18.4. The molecule has 2 rings (SSSR count). The molecule has 0 spiro atoms. The van der Waals surface area contributed by atoms with Crippen molar-refractivity contribution in [3.8, 4) is 11.3 Å². The van der Waals surface area contributed by atoms with Crippen LogP contribution >= 0.6 is 15.9 Å². The number of halogens is 4. The topological polar surface area (TPSA) is 54.9 Å². The lowest BCUT2D eigenvalue weighted by molar-refractivity contribution is -0.144. The molecule has 0 radical (unpaired) electrons. The number of aromatic nitrogens is 2. The van der Waals surface area contributed by atoms with Crippen molar-refractivity contribution >= 4 is 27.5 Å². The Bertz CT molecular complexity index is 770. The van der Waals surface area contributed by atoms with E-state index in [9.17, 15) is 18.0 Å². The molecule has 128 valence electrons. The van der Waals surface area contributed by atoms with Crippen LogP contribution in [0, 0.1) is 5.41 Å². The molecular formula is C16H15BrF3N3O. The number of nitrogens with one attached hydrogen (secondary N) is 1. The van der Waals surface area contributed by atoms with E-state index < -0.39 is 17.4 Å². The fourth-order valence-corrected chi connectivity index (χ4v) is 2.15. The highest BCUT2D eigenvalue weighted by Gasteiger charge is 2.35. The van der Waals surface area contributed by atoms with Gasteiger partial charge in [-0.1, -0.05) is 36.7 Å². The summed E-state index contributed by atoms with van der Waals surface area (Å²) in [4.78, 5) is 19.0. The molecule has 0 aliphatic rings. The lowest BCUT2D eigenvalue weighted by atomic mass is 9.95. The average molecular weight is 402 g/mol. The Morgan fingerprint density at radius 1 is 1.17 bits per heavy atom. The first-order valence-electron chi connectivity index (χ1n) is 7.00. The number of benzene rings is 1. The van der Waals surface area contributed by atoms with E-state index in [2.05, 4.69) is 31.2 Å². The van der Waals surface area contributed by atoms with Gasteiger partial charge in [0.15, 0.2) is 0 Å². The molecule has 8 heteroatoms. The molecule has 24 heavy (non-hydrogen) atoms. The standard InChI is InChI=1S/C16H15BrF3N3O/c1-15(2,3)14(24)23-11-5-4-9(17)8-10(11)12-6-7-21-13(22-12)16(18,19)20/h4-8H,1-3H3,(H,23,24). The van der Waals surface area contributed by atoms with E-state index in [0.29, 0.717) is 15.7 Å². The van der Waals surface area contributed by atoms with E-state index in [0.717, 1.165) is 6.20 Å². The van der Waals surface area contributed by atoms with Gasteiger partial charge in [0, 0.05) is 21.6 Å². The summed E-state index contributed by atoms with van der Waals surface area (Å²) in [5, 5.41) is 2.73. The Labute approximate surface area is 145 Å². The molecule has 0 fully saturated rings. The molecule has 2 aromatic rings. The van der Waals surface area contributed by atoms with Gasteiger partial charge in [0.25, 0.3) is 0 Å². The quantitative estimate of drug-likeness (QED) is 0.777. The summed E-state index contributed by atoms with van der Waals surface area (Å²) in [5.41, 5.74) is 0.176. The van der Waals surface area contributed by atoms with E-state index in [1.165, 1.54) is 6.07 Å². The van der Waals surface area contributed by atoms with Crippen LogP contribution in [0.3, 0.4) is 0 Å². The van der Waals surface area contributed by atoms with Gasteiger partial charge < -0.3 is 5.32 Å². The Morgan fingerprint density at radius 2 is 1.83 bits per heavy atom. The van der Waals surface area contributed by atoms with E-state index in [-0.39, 0.29) is 11.6 Å². The average Bonchev–Trinajstić information content (AvgIpc) is 2.47. The maximum atomic E-state index is 12.8. The van der Waals surface area contributed by atoms with Crippen molar-refractivity contribution in [3.05, 3.63) is 40.8 Å². The third-order valence-corrected chi connectivity index (χ3v) is 3.59. The minimum absolute atomic E-state index is 0.0721. The minimum Gasteiger partial charge on any atom is -0.325 e. The van der Waals surface area contributed by atoms with Crippen LogP contribution in [-0.4, -0.2) is 15.9 Å². The van der Waals surface area contributed by atoms with Crippen molar-refractivity contribution in [2.24, 2.45) is 5.41 Å². The highest BCUT2D eigenvalue weighted by atomic mass is 79.9. The van der Waals surface area contributed by atoms with Crippen LogP contribution in [0.5, 0.6) is 0 Å². The van der Waals surface area contributed by atoms with Crippen molar-refractivity contribution < 1.29 is 18.0 Å². The van der Waals surface area contributed by atoms with Crippen LogP contribution in [0.2, 0.25) is 0 Å². The molecule has 1 aromatic heterocycles. The SMILES string of the molecule is CC(C)(C)C(=O)Nc1ccc(Br)cc1-c1ccnc(C(F)(F)F)n1. The van der Waals surface area contributed by atoms with Gasteiger partial charge in [-0.3, -0.25) is 4.79 Å². The molecule has 0 saturated carbocycles. The Kier molecular flexibility index (Phi) is 4.98. The van der Waals surface area contributed by atoms with Gasteiger partial charge in [0.05, 0.1) is 11.4 Å². The second-order valence-electron chi connectivity index (χ2n) is 6.16. The number of amides is 1. The third kappa shape index (κ3) is 4.31. The van der Waals surface area contributed by atoms with Gasteiger partial charge in [-0.15, -0.1) is 0 Å². The molecule has 0 bridgehead atoms. The van der Waals surface area contributed by atoms with Crippen molar-refractivity contribution in [2.45, 2.75) is 26.9 Å². The van der Waals surface area contributed by atoms with Crippen molar-refractivity contribution in [3.63, 3.8) is 0 Å². The lowest BCUT2D eigenvalue weighted by Crippen LogP contribution is -2.27. The molecule has 1 amide bonds. The number of hydrogen-bond donors (Lipinski definition) is 1. The number of alkyl halides is 3. The lowest BCUT2D eigenvalue weighted by Gasteiger charge is -2.19. The molecule has 4 nitrogen and oxygen atoms in total. The first-order valence-corrected chi connectivity index (χ1v) is 7.79. The number of rotatable bonds is 2. The Morgan fingerprint density at radius 3 is 2.42 bits per heavy atom. The predicted molar refractivity (Wildman–Crippen MR) is 88.3 cm³/mol. The highest BCUT2D eigenvalue weighted by Crippen LogP contribution is 2.33. The van der Waals surface area contributed by atoms with Gasteiger partial charge in [-0.25, -0.2) is 9.97 Å². The van der Waals surface area contributed by atoms with Gasteiger partial charge in [-0.2, -0.15) is 13.2 Å². The zero-order valence-corrected chi connectivity index (χ0v) is 14.8. The van der Waals surface area contributed by atoms with Gasteiger partial charge in [-0.05, 0) is 24.3 Å². The van der Waals surface area contributed by atoms with Crippen LogP contribution in [0.25, 0.3) is 11.3 Å². The minimum atomic E-state index is -4.64. The van der Waals surface area contributed by atoms with Crippen LogP contribution in [0.4, 0.5) is 18.9 Å². The molecule has 1 N–H and O–H groups in total. The largest absolute Gasteiger partial charge is 0.451 e. The predicted octanol–water partition coefficient (Wildman–Crippen LogP) is 4.91. The second-order valence-corrected chi connectivity index (χ2v) is 7.07. The Balaban J connectivity index is 2.51. The normalized spacial score (nSPS) is 12.1. The van der Waals surface area contributed by atoms with E-state index in [1.54, 1.807) is 39.0 Å². The first-order chi connectivity index (χ1) is 11.0. The monoisotopic (exact) mass is 401 g/mol. The van der Waals surface area contributed by atoms with Gasteiger partial charge in [0.2, 0.25) is 11.7 Å². The Hall–Kier alpha value is -1.96. The smallest absolute Gasteiger partial charge is 0.325 e. The number of carbonyl (C=O) groups is 1. The highest BCUT2D eigenvalue weighted by molar-refractivity contribution is 9.10. The van der Waals surface area contributed by atoms with E-state index in [4.69, 9.17) is 0 Å². The molecule has 1 aromatic carbocycles. The van der Waals surface area contributed by atoms with Crippen molar-refractivity contribution in [1.82, 2.24) is 9.97 Å². The number of anilines is 1. The molecule has 1 heterocycles. The van der Waals surface area contributed by atoms with E-state index in [1.807, 2.05) is 0 Å². The van der Waals surface area contributed by atoms with Crippen molar-refractivity contribution in [1.29, 1.82) is 0 Å². The zero-order chi connectivity index (χ0) is 18.1. The zero-order valence-electron chi connectivity index (χ0n) is 13.2. The third-order valence-electron chi connectivity index (χ3n) is 3.10. The maximum absolute atomic E-state index is 12.8. The van der Waals surface area contributed by atoms with Crippen LogP contribution < -0.4 is 5.32 Å². The number of hydrogen-bond acceptors (Lipinski definition) is 3. The van der Waals surface area contributed by atoms with Gasteiger partial charge >= 0.3 is 6.18 Å². The van der Waals surface area contributed by atoms with Crippen LogP contribution in [0.15, 0.2) is 34.9 Å². The van der Waals surface area contributed by atoms with Crippen molar-refractivity contribution in [2.75, 3.05) is 5.32 Å². The van der Waals surface area contributed by atoms with Crippen LogP contribution in [-0.2, 0) is 11.0 Å². The summed E-state index contributed by atoms with van der Waals surface area (Å²) in [7, 11) is 0. The van der Waals surface area contributed by atoms with E-state index >= 15 is 0 Å². The fraction of sp³-hybridized carbons (Fsp3) is 0.312. The second kappa shape index (κ2) is 6.51. The molecule has 0 unspecified atom stereocenters. The van der Waals surface area contributed by atoms with Gasteiger partial charge in [0.1, 0.15) is 0 Å². The molecule has 0 saturated heterocycles. The fourth-order valence-electron chi connectivity index (χ4n) is 1.79. The summed E-state index contributed by atoms with van der Waals surface area (Å²) in [6.45, 7) is 5.23. The molecule has 0 aliphatic carbocycles. The summed E-state index contributed by atoms with van der Waals surface area (Å²) in [6.07, 6.45) is -3.60. The number of carbonyl (C=O) groups excluding carboxylic acids is 1. The molecular weight excluding hydrogens is 387 g/mol. The summed E-state index contributed by atoms with van der Waals surface area (Å²) in [6, 6.07) is 6.26. The molecule has 0 aliphatic heterocycles. The summed E-state index contributed by atoms with van der Waals surface area (Å²) >= 11 is 3.28. The number of nitrogens with zero attached hydrogens (tertiary/aromatic N) is 2. The molecule has 0 atom stereocenters. The maximum Gasteiger partial charge on any atom is 0.451 e. The summed E-state index contributed by atoms with van der Waals surface area (Å²) < 4.78 is 39.1. The van der Waals surface area contributed by atoms with Crippen LogP contribution in [0.1, 0.15) is 26.6 Å². The summed E-state index contributed by atoms with van der Waals surface area (Å²) in [5.74, 6) is -1.48.